The van der Waals surface area contributed by atoms with Crippen LogP contribution in [0.25, 0.3) is 11.1 Å². The molecule has 1 atom stereocenters. The third kappa shape index (κ3) is 5.63. The van der Waals surface area contributed by atoms with Gasteiger partial charge in [-0.1, -0.05) is 0 Å². The Balaban J connectivity index is 2.06. The van der Waals surface area contributed by atoms with Crippen LogP contribution in [0.2, 0.25) is 0 Å². The lowest BCUT2D eigenvalue weighted by Gasteiger charge is -2.27. The van der Waals surface area contributed by atoms with Gasteiger partial charge in [0.2, 0.25) is 11.8 Å². The average Bonchev–Trinajstić information content (AvgIpc) is 3.07. The van der Waals surface area contributed by atoms with E-state index in [9.17, 15) is 9.59 Å². The van der Waals surface area contributed by atoms with E-state index in [1.54, 1.807) is 38.0 Å². The number of ether oxygens (including phenoxy) is 1. The molecule has 27 heavy (non-hydrogen) atoms. The molecular weight excluding hydrogens is 346 g/mol. The first-order valence-electron chi connectivity index (χ1n) is 8.73. The molecule has 145 valence electrons. The summed E-state index contributed by atoms with van der Waals surface area (Å²) in [7, 11) is 5.19. The number of nitrogens with one attached hydrogen (secondary N) is 2. The monoisotopic (exact) mass is 372 g/mol. The lowest BCUT2D eigenvalue weighted by Crippen LogP contribution is -2.51. The molecule has 8 heteroatoms. The number of aryl methyl sites for hydroxylation is 1. The summed E-state index contributed by atoms with van der Waals surface area (Å²) < 4.78 is 7.55. The quantitative estimate of drug-likeness (QED) is 0.664. The standard InChI is InChI=1S/C19H26N5O3/c1-14(24(18(25)10-20-2)19(26)11-21-3)13-27-17-7-5-6-15(8-17)16-9-22-23(4)12-16/h6-9,12,14,20-21H,10-11,13H2,1-4H3. The van der Waals surface area contributed by atoms with Crippen molar-refractivity contribution < 1.29 is 14.3 Å². The number of imide groups is 1. The van der Waals surface area contributed by atoms with Crippen molar-refractivity contribution in [3.05, 3.63) is 36.7 Å². The molecule has 1 aromatic heterocycles. The SMILES string of the molecule is CNCC(=O)N(C(=O)CNC)C(C)COc1c[c]cc(-c2cnn(C)c2)c1. The van der Waals surface area contributed by atoms with Crippen molar-refractivity contribution in [2.24, 2.45) is 7.05 Å². The van der Waals surface area contributed by atoms with Crippen molar-refractivity contribution in [1.29, 1.82) is 0 Å². The molecule has 0 aliphatic carbocycles. The number of benzene rings is 1. The van der Waals surface area contributed by atoms with Gasteiger partial charge in [-0.15, -0.1) is 0 Å². The maximum absolute atomic E-state index is 12.3. The molecule has 1 aromatic carbocycles. The van der Waals surface area contributed by atoms with Crippen LogP contribution in [0.4, 0.5) is 0 Å². The van der Waals surface area contributed by atoms with Crippen LogP contribution in [0, 0.1) is 6.07 Å². The number of carbonyl (C=O) groups is 2. The van der Waals surface area contributed by atoms with Crippen LogP contribution >= 0.6 is 0 Å². The molecule has 0 fully saturated rings. The van der Waals surface area contributed by atoms with E-state index in [4.69, 9.17) is 4.74 Å². The summed E-state index contributed by atoms with van der Waals surface area (Å²) >= 11 is 0. The smallest absolute Gasteiger partial charge is 0.243 e. The number of rotatable bonds is 9. The van der Waals surface area contributed by atoms with Crippen LogP contribution in [0.1, 0.15) is 6.92 Å². The Bertz CT molecular complexity index is 756. The number of hydrogen-bond donors (Lipinski definition) is 2. The average molecular weight is 372 g/mol. The highest BCUT2D eigenvalue weighted by Gasteiger charge is 2.26. The minimum Gasteiger partial charge on any atom is -0.491 e. The lowest BCUT2D eigenvalue weighted by molar-refractivity contribution is -0.146. The highest BCUT2D eigenvalue weighted by molar-refractivity contribution is 5.97. The van der Waals surface area contributed by atoms with Gasteiger partial charge in [-0.2, -0.15) is 5.10 Å². The zero-order chi connectivity index (χ0) is 19.8. The fraction of sp³-hybridized carbons (Fsp3) is 0.421. The highest BCUT2D eigenvalue weighted by atomic mass is 16.5. The molecule has 1 heterocycles. The Kier molecular flexibility index (Phi) is 7.51. The number of hydrogen-bond acceptors (Lipinski definition) is 6. The number of nitrogens with zero attached hydrogens (tertiary/aromatic N) is 3. The predicted octanol–water partition coefficient (Wildman–Crippen LogP) is 0.449. The molecule has 0 saturated heterocycles. The van der Waals surface area contributed by atoms with E-state index in [0.29, 0.717) is 5.75 Å². The maximum atomic E-state index is 12.3. The number of aromatic nitrogens is 2. The molecular formula is C19H26N5O3. The minimum atomic E-state index is -0.409. The van der Waals surface area contributed by atoms with E-state index >= 15 is 0 Å². The molecule has 0 spiro atoms. The normalized spacial score (nSPS) is 11.9. The zero-order valence-corrected chi connectivity index (χ0v) is 16.2. The van der Waals surface area contributed by atoms with Gasteiger partial charge in [0.1, 0.15) is 12.4 Å². The topological polar surface area (TPSA) is 88.5 Å². The van der Waals surface area contributed by atoms with E-state index in [0.717, 1.165) is 11.1 Å². The molecule has 0 aliphatic rings. The number of carbonyl (C=O) groups excluding carboxylic acids is 2. The Labute approximate surface area is 159 Å². The van der Waals surface area contributed by atoms with Crippen molar-refractivity contribution >= 4 is 11.8 Å². The number of amides is 2. The molecule has 2 N–H and O–H groups in total. The van der Waals surface area contributed by atoms with Crippen LogP contribution in [-0.4, -0.2) is 66.3 Å². The van der Waals surface area contributed by atoms with Crippen molar-refractivity contribution in [3.8, 4) is 16.9 Å². The summed E-state index contributed by atoms with van der Waals surface area (Å²) in [6.07, 6.45) is 3.67. The second-order valence-electron chi connectivity index (χ2n) is 6.24. The fourth-order valence-electron chi connectivity index (χ4n) is 2.67. The van der Waals surface area contributed by atoms with Crippen molar-refractivity contribution in [3.63, 3.8) is 0 Å². The Morgan fingerprint density at radius 3 is 2.44 bits per heavy atom. The molecule has 1 unspecified atom stereocenters. The van der Waals surface area contributed by atoms with Crippen LogP contribution in [0.5, 0.6) is 5.75 Å². The Hall–Kier alpha value is -2.71. The lowest BCUT2D eigenvalue weighted by atomic mass is 10.1. The van der Waals surface area contributed by atoms with Gasteiger partial charge in [-0.3, -0.25) is 19.2 Å². The van der Waals surface area contributed by atoms with Gasteiger partial charge in [-0.25, -0.2) is 0 Å². The summed E-state index contributed by atoms with van der Waals surface area (Å²) in [5.74, 6) is 0.0410. The van der Waals surface area contributed by atoms with Gasteiger partial charge < -0.3 is 15.4 Å². The largest absolute Gasteiger partial charge is 0.491 e. The fourth-order valence-corrected chi connectivity index (χ4v) is 2.67. The van der Waals surface area contributed by atoms with Gasteiger partial charge in [-0.05, 0) is 50.8 Å². The van der Waals surface area contributed by atoms with E-state index < -0.39 is 6.04 Å². The second kappa shape index (κ2) is 9.84. The zero-order valence-electron chi connectivity index (χ0n) is 16.2. The van der Waals surface area contributed by atoms with Crippen molar-refractivity contribution in [1.82, 2.24) is 25.3 Å². The molecule has 0 bridgehead atoms. The molecule has 0 aliphatic heterocycles. The molecule has 8 nitrogen and oxygen atoms in total. The first-order valence-corrected chi connectivity index (χ1v) is 8.73. The summed E-state index contributed by atoms with van der Waals surface area (Å²) in [6, 6.07) is 8.10. The Morgan fingerprint density at radius 1 is 1.22 bits per heavy atom. The third-order valence-corrected chi connectivity index (χ3v) is 3.93. The molecule has 2 amide bonds. The van der Waals surface area contributed by atoms with Gasteiger partial charge in [0.25, 0.3) is 0 Å². The van der Waals surface area contributed by atoms with E-state index in [1.807, 2.05) is 25.4 Å². The first-order chi connectivity index (χ1) is 13.0. The molecule has 1 radical (unpaired) electrons. The summed E-state index contributed by atoms with van der Waals surface area (Å²) in [5.41, 5.74) is 1.89. The molecule has 2 rings (SSSR count). The summed E-state index contributed by atoms with van der Waals surface area (Å²) in [5, 5.41) is 9.73. The van der Waals surface area contributed by atoms with E-state index in [-0.39, 0.29) is 31.5 Å². The second-order valence-corrected chi connectivity index (χ2v) is 6.24. The van der Waals surface area contributed by atoms with E-state index in [2.05, 4.69) is 21.8 Å². The third-order valence-electron chi connectivity index (χ3n) is 3.93. The maximum Gasteiger partial charge on any atom is 0.243 e. The first kappa shape index (κ1) is 20.6. The molecule has 2 aromatic rings. The highest BCUT2D eigenvalue weighted by Crippen LogP contribution is 2.23. The predicted molar refractivity (Wildman–Crippen MR) is 102 cm³/mol. The minimum absolute atomic E-state index is 0.0874. The van der Waals surface area contributed by atoms with Crippen molar-refractivity contribution in [2.75, 3.05) is 33.8 Å². The summed E-state index contributed by atoms with van der Waals surface area (Å²) in [6.45, 7) is 2.15. The van der Waals surface area contributed by atoms with Crippen LogP contribution in [-0.2, 0) is 16.6 Å². The van der Waals surface area contributed by atoms with Gasteiger partial charge in [0.05, 0.1) is 25.3 Å². The van der Waals surface area contributed by atoms with Gasteiger partial charge >= 0.3 is 0 Å². The van der Waals surface area contributed by atoms with E-state index in [1.165, 1.54) is 4.90 Å². The van der Waals surface area contributed by atoms with Crippen LogP contribution in [0.3, 0.4) is 0 Å². The molecule has 0 saturated carbocycles. The van der Waals surface area contributed by atoms with Gasteiger partial charge in [0, 0.05) is 18.8 Å². The van der Waals surface area contributed by atoms with Crippen LogP contribution in [0.15, 0.2) is 30.6 Å². The van der Waals surface area contributed by atoms with Crippen molar-refractivity contribution in [2.45, 2.75) is 13.0 Å². The summed E-state index contributed by atoms with van der Waals surface area (Å²) in [4.78, 5) is 25.8. The number of likely N-dealkylation sites (N-methyl/N-ethyl adjacent to an activating group) is 2. The Morgan fingerprint density at radius 2 is 1.89 bits per heavy atom. The van der Waals surface area contributed by atoms with Crippen LogP contribution < -0.4 is 15.4 Å². The van der Waals surface area contributed by atoms with Gasteiger partial charge in [0.15, 0.2) is 0 Å².